The Kier molecular flexibility index (Phi) is 7.45. The molecule has 3 aromatic rings. The molecule has 4 fully saturated rings. The van der Waals surface area contributed by atoms with E-state index in [2.05, 4.69) is 10.1 Å². The number of carbonyl (C=O) groups excluding carboxylic acids is 1. The van der Waals surface area contributed by atoms with Crippen molar-refractivity contribution in [3.8, 4) is 0 Å². The van der Waals surface area contributed by atoms with Gasteiger partial charge in [-0.1, -0.05) is 29.3 Å². The number of piperidine rings is 1. The van der Waals surface area contributed by atoms with Crippen molar-refractivity contribution in [2.45, 2.75) is 114 Å². The van der Waals surface area contributed by atoms with Crippen molar-refractivity contribution < 1.29 is 32.0 Å². The minimum Gasteiger partial charge on any atom is -0.462 e. The summed E-state index contributed by atoms with van der Waals surface area (Å²) in [5.41, 5.74) is 2.66. The van der Waals surface area contributed by atoms with Crippen molar-refractivity contribution in [3.05, 3.63) is 40.8 Å². The number of nitrogens with zero attached hydrogens (tertiary/aromatic N) is 3. The van der Waals surface area contributed by atoms with E-state index in [0.717, 1.165) is 71.6 Å². The lowest BCUT2D eigenvalue weighted by molar-refractivity contribution is -0.187. The van der Waals surface area contributed by atoms with E-state index in [1.165, 1.54) is 0 Å². The number of rotatable bonds is 8. The molecule has 7 rings (SSSR count). The number of fused-ring (bicyclic) bond motifs is 3. The molecule has 226 valence electrons. The zero-order valence-electron chi connectivity index (χ0n) is 23.7. The summed E-state index contributed by atoms with van der Waals surface area (Å²) in [6.45, 7) is 2.38. The lowest BCUT2D eigenvalue weighted by Gasteiger charge is -2.38. The quantitative estimate of drug-likeness (QED) is 0.242. The van der Waals surface area contributed by atoms with E-state index in [9.17, 15) is 18.0 Å². The maximum absolute atomic E-state index is 14.0. The van der Waals surface area contributed by atoms with E-state index in [1.54, 1.807) is 24.3 Å². The number of hydrogen-bond donors (Lipinski definition) is 0. The van der Waals surface area contributed by atoms with E-state index in [0.29, 0.717) is 30.7 Å². The van der Waals surface area contributed by atoms with Gasteiger partial charge in [-0.15, -0.1) is 0 Å². The smallest absolute Gasteiger partial charge is 0.392 e. The molecule has 0 amide bonds. The Balaban J connectivity index is 1.06. The second kappa shape index (κ2) is 11.1. The van der Waals surface area contributed by atoms with Crippen LogP contribution in [0.15, 0.2) is 22.7 Å². The van der Waals surface area contributed by atoms with Gasteiger partial charge in [-0.25, -0.2) is 9.78 Å². The third kappa shape index (κ3) is 5.31. The van der Waals surface area contributed by atoms with Gasteiger partial charge in [-0.3, -0.25) is 0 Å². The maximum atomic E-state index is 14.0. The van der Waals surface area contributed by atoms with Crippen LogP contribution in [0.2, 0.25) is 0 Å². The summed E-state index contributed by atoms with van der Waals surface area (Å²) in [4.78, 5) is 19.5. The van der Waals surface area contributed by atoms with Crippen molar-refractivity contribution in [2.24, 2.45) is 5.92 Å². The highest BCUT2D eigenvalue weighted by Gasteiger charge is 2.49. The molecule has 2 saturated carbocycles. The predicted molar refractivity (Wildman–Crippen MR) is 152 cm³/mol. The van der Waals surface area contributed by atoms with Crippen LogP contribution in [0.25, 0.3) is 10.2 Å². The molecule has 2 bridgehead atoms. The Morgan fingerprint density at radius 2 is 1.86 bits per heavy atom. The summed E-state index contributed by atoms with van der Waals surface area (Å²) in [5.74, 6) is -1.36. The Labute approximate surface area is 246 Å². The monoisotopic (exact) mass is 603 g/mol. The molecule has 4 aliphatic rings. The number of alkyl halides is 3. The molecule has 11 heteroatoms. The lowest BCUT2D eigenvalue weighted by atomic mass is 9.76. The summed E-state index contributed by atoms with van der Waals surface area (Å²) in [5, 5.41) is 5.23. The number of halogens is 3. The molecule has 42 heavy (non-hydrogen) atoms. The van der Waals surface area contributed by atoms with Crippen LogP contribution in [0.1, 0.15) is 110 Å². The first-order valence-electron chi connectivity index (χ1n) is 15.3. The first-order chi connectivity index (χ1) is 20.3. The van der Waals surface area contributed by atoms with E-state index in [1.807, 2.05) is 12.1 Å². The number of aromatic nitrogens is 2. The normalized spacial score (nSPS) is 28.0. The first-order valence-corrected chi connectivity index (χ1v) is 16.1. The van der Waals surface area contributed by atoms with Gasteiger partial charge in [-0.05, 0) is 76.5 Å². The third-order valence-electron chi connectivity index (χ3n) is 9.60. The van der Waals surface area contributed by atoms with Crippen molar-refractivity contribution in [2.75, 3.05) is 11.5 Å². The average molecular weight is 604 g/mol. The number of anilines is 1. The number of thiazole rings is 1. The van der Waals surface area contributed by atoms with Gasteiger partial charge in [-0.2, -0.15) is 13.2 Å². The van der Waals surface area contributed by atoms with Crippen LogP contribution in [-0.4, -0.2) is 47.1 Å². The maximum Gasteiger partial charge on any atom is 0.392 e. The molecule has 2 saturated heterocycles. The molecule has 0 N–H and O–H groups in total. The van der Waals surface area contributed by atoms with Gasteiger partial charge in [0, 0.05) is 29.5 Å². The molecule has 4 heterocycles. The number of carbonyl (C=O) groups is 1. The van der Waals surface area contributed by atoms with Gasteiger partial charge in [0.1, 0.15) is 5.76 Å². The summed E-state index contributed by atoms with van der Waals surface area (Å²) < 4.78 is 60.3. The third-order valence-corrected chi connectivity index (χ3v) is 10.6. The Morgan fingerprint density at radius 3 is 2.57 bits per heavy atom. The Morgan fingerprint density at radius 1 is 1.10 bits per heavy atom. The molecule has 2 aliphatic heterocycles. The van der Waals surface area contributed by atoms with Gasteiger partial charge in [0.2, 0.25) is 0 Å². The van der Waals surface area contributed by atoms with Crippen LogP contribution >= 0.6 is 11.3 Å². The molecule has 5 atom stereocenters. The molecule has 2 aromatic heterocycles. The highest BCUT2D eigenvalue weighted by Crippen LogP contribution is 2.50. The molecular formula is C31H36F3N3O4S. The zero-order valence-corrected chi connectivity index (χ0v) is 24.5. The van der Waals surface area contributed by atoms with Gasteiger partial charge in [0.15, 0.2) is 5.13 Å². The van der Waals surface area contributed by atoms with E-state index < -0.39 is 18.0 Å². The molecule has 2 aliphatic carbocycles. The fraction of sp³-hybridized carbons (Fsp3) is 0.645. The minimum absolute atomic E-state index is 0.0168. The lowest BCUT2D eigenvalue weighted by Crippen LogP contribution is -2.45. The van der Waals surface area contributed by atoms with E-state index >= 15 is 0 Å². The second-order valence-corrected chi connectivity index (χ2v) is 13.3. The summed E-state index contributed by atoms with van der Waals surface area (Å²) in [6, 6.07) is 6.07. The number of ether oxygens (including phenoxy) is 2. The molecule has 7 nitrogen and oxygen atoms in total. The van der Waals surface area contributed by atoms with Crippen molar-refractivity contribution in [1.29, 1.82) is 0 Å². The minimum atomic E-state index is -4.24. The van der Waals surface area contributed by atoms with Crippen molar-refractivity contribution >= 4 is 32.7 Å². The molecule has 0 spiro atoms. The Hall–Kier alpha value is -2.66. The van der Waals surface area contributed by atoms with Crippen molar-refractivity contribution in [1.82, 2.24) is 10.1 Å². The van der Waals surface area contributed by atoms with Crippen LogP contribution in [-0.2, 0) is 16.1 Å². The second-order valence-electron chi connectivity index (χ2n) is 12.3. The highest BCUT2D eigenvalue weighted by atomic mass is 32.1. The van der Waals surface area contributed by atoms with Crippen LogP contribution in [0, 0.1) is 5.92 Å². The predicted octanol–water partition coefficient (Wildman–Crippen LogP) is 7.89. The van der Waals surface area contributed by atoms with Gasteiger partial charge >= 0.3 is 12.1 Å². The number of hydrogen-bond acceptors (Lipinski definition) is 8. The Bertz CT molecular complexity index is 1440. The van der Waals surface area contributed by atoms with Gasteiger partial charge in [0.05, 0.1) is 46.7 Å². The standard InChI is InChI=1S/C31H36F3N3O4S/c1-2-39-29(38)18-9-12-25-26(13-18)42-30(35-25)37-19-10-11-20(37)15-21(14-19)40-16-23-27(36-41-28(23)17-7-8-17)22-5-3-4-6-24(22)31(32,33)34/h9,12-13,17,19-22,24H,2-8,10-11,14-16H2,1H3/t19-,20?,21?,22?,24?/m0/s1. The highest BCUT2D eigenvalue weighted by molar-refractivity contribution is 7.22. The fourth-order valence-electron chi connectivity index (χ4n) is 7.43. The van der Waals surface area contributed by atoms with Crippen LogP contribution in [0.4, 0.5) is 18.3 Å². The van der Waals surface area contributed by atoms with Crippen LogP contribution in [0.5, 0.6) is 0 Å². The van der Waals surface area contributed by atoms with Gasteiger partial charge in [0.25, 0.3) is 0 Å². The zero-order chi connectivity index (χ0) is 29.0. The first kappa shape index (κ1) is 28.1. The van der Waals surface area contributed by atoms with E-state index in [-0.39, 0.29) is 43.1 Å². The van der Waals surface area contributed by atoms with E-state index in [4.69, 9.17) is 19.0 Å². The van der Waals surface area contributed by atoms with Crippen LogP contribution in [0.3, 0.4) is 0 Å². The molecule has 0 radical (unpaired) electrons. The number of benzene rings is 1. The van der Waals surface area contributed by atoms with Crippen LogP contribution < -0.4 is 4.90 Å². The largest absolute Gasteiger partial charge is 0.462 e. The summed E-state index contributed by atoms with van der Waals surface area (Å²) >= 11 is 1.60. The van der Waals surface area contributed by atoms with Crippen molar-refractivity contribution in [3.63, 3.8) is 0 Å². The average Bonchev–Trinajstić information content (AvgIpc) is 3.49. The summed E-state index contributed by atoms with van der Waals surface area (Å²) in [7, 11) is 0. The summed E-state index contributed by atoms with van der Waals surface area (Å²) in [6.07, 6.45) is 3.55. The van der Waals surface area contributed by atoms with Gasteiger partial charge < -0.3 is 18.9 Å². The molecule has 4 unspecified atom stereocenters. The SMILES string of the molecule is CCOC(=O)c1ccc2nc(N3C4CC[C@H]3CC(OCc3c(C5CCCCC5C(F)(F)F)noc3C3CC3)C4)sc2c1. The number of esters is 1. The molecule has 1 aromatic carbocycles. The fourth-order valence-corrected chi connectivity index (χ4v) is 8.58. The molecular weight excluding hydrogens is 567 g/mol. The topological polar surface area (TPSA) is 77.7 Å².